The molecule has 4 heterocycles. The molecule has 3 aromatic rings. The first-order valence-electron chi connectivity index (χ1n) is 8.65. The van der Waals surface area contributed by atoms with Gasteiger partial charge in [0.15, 0.2) is 0 Å². The van der Waals surface area contributed by atoms with Crippen LogP contribution in [0.25, 0.3) is 20.4 Å². The lowest BCUT2D eigenvalue weighted by molar-refractivity contribution is 0.145. The van der Waals surface area contributed by atoms with Crippen molar-refractivity contribution < 1.29 is 5.11 Å². The monoisotopic (exact) mass is 358 g/mol. The van der Waals surface area contributed by atoms with Gasteiger partial charge in [-0.3, -0.25) is 0 Å². The molecule has 5 N–H and O–H groups in total. The first kappa shape index (κ1) is 16.3. The number of nitrogens with two attached hydrogens (primary N) is 2. The Hall–Kier alpha value is -2.19. The lowest BCUT2D eigenvalue weighted by atomic mass is 10.1. The molecule has 0 aliphatic carbocycles. The van der Waals surface area contributed by atoms with Crippen molar-refractivity contribution in [3.8, 4) is 0 Å². The summed E-state index contributed by atoms with van der Waals surface area (Å²) in [6.07, 6.45) is 3.34. The van der Waals surface area contributed by atoms with Gasteiger partial charge in [0.25, 0.3) is 0 Å². The first-order chi connectivity index (χ1) is 12.1. The minimum atomic E-state index is -0.197. The highest BCUT2D eigenvalue weighted by molar-refractivity contribution is 7.26. The standard InChI is InChI=1S/C17H22N6OS/c1-2-3-9-8-11(23-6-4-10(24)5-7-23)20-16-12(9)13-14(25-16)15(18)22-17(19)21-13/h8,10,24H,2-7H2,1H3,(H4,18,19,21,22). The van der Waals surface area contributed by atoms with E-state index in [0.29, 0.717) is 5.82 Å². The maximum absolute atomic E-state index is 9.75. The van der Waals surface area contributed by atoms with Crippen molar-refractivity contribution in [2.24, 2.45) is 0 Å². The number of nitrogens with zero attached hydrogens (tertiary/aromatic N) is 4. The lowest BCUT2D eigenvalue weighted by Crippen LogP contribution is -2.36. The Labute approximate surface area is 149 Å². The van der Waals surface area contributed by atoms with Gasteiger partial charge in [-0.25, -0.2) is 9.97 Å². The molecular weight excluding hydrogens is 336 g/mol. The Morgan fingerprint density at radius 3 is 2.72 bits per heavy atom. The Morgan fingerprint density at radius 2 is 2.00 bits per heavy atom. The predicted molar refractivity (Wildman–Crippen MR) is 103 cm³/mol. The summed E-state index contributed by atoms with van der Waals surface area (Å²) in [6.45, 7) is 3.81. The fourth-order valence-corrected chi connectivity index (χ4v) is 4.52. The van der Waals surface area contributed by atoms with E-state index < -0.39 is 0 Å². The predicted octanol–water partition coefficient (Wildman–Crippen LogP) is 2.32. The third-order valence-corrected chi connectivity index (χ3v) is 5.80. The van der Waals surface area contributed by atoms with Gasteiger partial charge >= 0.3 is 0 Å². The second-order valence-corrected chi connectivity index (χ2v) is 7.53. The van der Waals surface area contributed by atoms with E-state index in [2.05, 4.69) is 27.9 Å². The summed E-state index contributed by atoms with van der Waals surface area (Å²) in [5, 5.41) is 10.8. The van der Waals surface area contributed by atoms with Crippen LogP contribution in [0.5, 0.6) is 0 Å². The number of aliphatic hydroxyl groups excluding tert-OH is 1. The summed E-state index contributed by atoms with van der Waals surface area (Å²) in [4.78, 5) is 16.6. The number of hydrogen-bond donors (Lipinski definition) is 3. The molecule has 8 heteroatoms. The fourth-order valence-electron chi connectivity index (χ4n) is 3.46. The number of aromatic nitrogens is 3. The van der Waals surface area contributed by atoms with E-state index >= 15 is 0 Å². The molecule has 0 radical (unpaired) electrons. The summed E-state index contributed by atoms with van der Waals surface area (Å²) in [6, 6.07) is 2.16. The van der Waals surface area contributed by atoms with E-state index in [1.807, 2.05) is 0 Å². The Kier molecular flexibility index (Phi) is 4.09. The molecule has 1 fully saturated rings. The van der Waals surface area contributed by atoms with Crippen molar-refractivity contribution in [1.82, 2.24) is 15.0 Å². The van der Waals surface area contributed by atoms with Gasteiger partial charge in [-0.05, 0) is 30.9 Å². The summed E-state index contributed by atoms with van der Waals surface area (Å²) < 4.78 is 0.847. The van der Waals surface area contributed by atoms with Crippen molar-refractivity contribution >= 4 is 49.4 Å². The van der Waals surface area contributed by atoms with Crippen molar-refractivity contribution in [3.05, 3.63) is 11.6 Å². The quantitative estimate of drug-likeness (QED) is 0.658. The molecular formula is C17H22N6OS. The number of thiophene rings is 1. The average molecular weight is 358 g/mol. The van der Waals surface area contributed by atoms with Crippen LogP contribution in [0.3, 0.4) is 0 Å². The van der Waals surface area contributed by atoms with Crippen LogP contribution in [0.15, 0.2) is 6.07 Å². The highest BCUT2D eigenvalue weighted by Gasteiger charge is 2.22. The zero-order valence-corrected chi connectivity index (χ0v) is 15.0. The van der Waals surface area contributed by atoms with Crippen LogP contribution in [-0.4, -0.2) is 39.3 Å². The molecule has 0 atom stereocenters. The number of aliphatic hydroxyl groups is 1. The van der Waals surface area contributed by atoms with Crippen LogP contribution >= 0.6 is 11.3 Å². The second-order valence-electron chi connectivity index (χ2n) is 6.53. The summed E-state index contributed by atoms with van der Waals surface area (Å²) >= 11 is 1.52. The molecule has 0 amide bonds. The van der Waals surface area contributed by atoms with Crippen LogP contribution in [0.4, 0.5) is 17.6 Å². The molecule has 0 spiro atoms. The number of nitrogen functional groups attached to an aromatic ring is 2. The zero-order chi connectivity index (χ0) is 17.6. The van der Waals surface area contributed by atoms with Crippen LogP contribution in [0.2, 0.25) is 0 Å². The molecule has 0 unspecified atom stereocenters. The van der Waals surface area contributed by atoms with Gasteiger partial charge in [-0.1, -0.05) is 13.3 Å². The van der Waals surface area contributed by atoms with E-state index in [9.17, 15) is 5.11 Å². The highest BCUT2D eigenvalue weighted by Crippen LogP contribution is 2.38. The Bertz CT molecular complexity index is 932. The summed E-state index contributed by atoms with van der Waals surface area (Å²) in [7, 11) is 0. The van der Waals surface area contributed by atoms with Gasteiger partial charge in [0.2, 0.25) is 5.95 Å². The van der Waals surface area contributed by atoms with Crippen molar-refractivity contribution in [2.45, 2.75) is 38.7 Å². The largest absolute Gasteiger partial charge is 0.393 e. The van der Waals surface area contributed by atoms with Gasteiger partial charge in [0, 0.05) is 18.5 Å². The van der Waals surface area contributed by atoms with E-state index in [1.54, 1.807) is 0 Å². The molecule has 25 heavy (non-hydrogen) atoms. The number of anilines is 3. The molecule has 0 bridgehead atoms. The van der Waals surface area contributed by atoms with E-state index in [-0.39, 0.29) is 12.1 Å². The van der Waals surface area contributed by atoms with Gasteiger partial charge < -0.3 is 21.5 Å². The van der Waals surface area contributed by atoms with Crippen LogP contribution in [0, 0.1) is 0 Å². The van der Waals surface area contributed by atoms with Crippen molar-refractivity contribution in [3.63, 3.8) is 0 Å². The second kappa shape index (κ2) is 6.27. The van der Waals surface area contributed by atoms with E-state index in [0.717, 1.165) is 65.0 Å². The van der Waals surface area contributed by atoms with Crippen molar-refractivity contribution in [1.29, 1.82) is 0 Å². The number of hydrogen-bond acceptors (Lipinski definition) is 8. The SMILES string of the molecule is CCCc1cc(N2CCC(O)CC2)nc2sc3c(N)nc(N)nc3c12. The summed E-state index contributed by atoms with van der Waals surface area (Å²) in [5.74, 6) is 1.57. The molecule has 1 aliphatic heterocycles. The van der Waals surface area contributed by atoms with Gasteiger partial charge in [-0.2, -0.15) is 4.98 Å². The van der Waals surface area contributed by atoms with Crippen molar-refractivity contribution in [2.75, 3.05) is 29.5 Å². The van der Waals surface area contributed by atoms with Gasteiger partial charge in [-0.15, -0.1) is 11.3 Å². The average Bonchev–Trinajstić information content (AvgIpc) is 2.95. The third-order valence-electron chi connectivity index (χ3n) is 4.71. The highest BCUT2D eigenvalue weighted by atomic mass is 32.1. The number of pyridine rings is 1. The molecule has 1 aliphatic rings. The minimum absolute atomic E-state index is 0.196. The van der Waals surface area contributed by atoms with Crippen LogP contribution in [0.1, 0.15) is 31.7 Å². The lowest BCUT2D eigenvalue weighted by Gasteiger charge is -2.30. The van der Waals surface area contributed by atoms with Gasteiger partial charge in [0.1, 0.15) is 16.5 Å². The van der Waals surface area contributed by atoms with E-state index in [4.69, 9.17) is 16.5 Å². The maximum Gasteiger partial charge on any atom is 0.222 e. The first-order valence-corrected chi connectivity index (χ1v) is 9.46. The summed E-state index contributed by atoms with van der Waals surface area (Å²) in [5.41, 5.74) is 13.9. The molecule has 3 aromatic heterocycles. The van der Waals surface area contributed by atoms with Crippen LogP contribution in [-0.2, 0) is 6.42 Å². The van der Waals surface area contributed by atoms with Crippen LogP contribution < -0.4 is 16.4 Å². The number of rotatable bonds is 3. The number of fused-ring (bicyclic) bond motifs is 3. The van der Waals surface area contributed by atoms with Gasteiger partial charge in [0.05, 0.1) is 16.3 Å². The smallest absolute Gasteiger partial charge is 0.222 e. The number of aryl methyl sites for hydroxylation is 1. The topological polar surface area (TPSA) is 114 Å². The van der Waals surface area contributed by atoms with E-state index in [1.165, 1.54) is 16.9 Å². The molecule has 4 rings (SSSR count). The molecule has 132 valence electrons. The third kappa shape index (κ3) is 2.85. The normalized spacial score (nSPS) is 16.2. The molecule has 1 saturated heterocycles. The zero-order valence-electron chi connectivity index (χ0n) is 14.2. The molecule has 0 saturated carbocycles. The Balaban J connectivity index is 1.90. The number of piperidine rings is 1. The minimum Gasteiger partial charge on any atom is -0.393 e. The Morgan fingerprint density at radius 1 is 1.24 bits per heavy atom. The fraction of sp³-hybridized carbons (Fsp3) is 0.471. The molecule has 0 aromatic carbocycles. The maximum atomic E-state index is 9.75. The molecule has 7 nitrogen and oxygen atoms in total.